The molecule has 1 aromatic carbocycles. The Morgan fingerprint density at radius 1 is 1.24 bits per heavy atom. The first kappa shape index (κ1) is 15.6. The number of rotatable bonds is 7. The lowest BCUT2D eigenvalue weighted by molar-refractivity contribution is -0.153. The number of hydrogen-bond acceptors (Lipinski definition) is 6. The minimum atomic E-state index is -1.40. The van der Waals surface area contributed by atoms with Crippen molar-refractivity contribution in [2.45, 2.75) is 31.2 Å². The normalized spacial score (nSPS) is 23.1. The minimum absolute atomic E-state index is 0.238. The molecule has 0 radical (unpaired) electrons. The van der Waals surface area contributed by atoms with E-state index in [1.165, 1.54) is 0 Å². The standard InChI is InChI=1S/C15H18O6/c16-9-11(17)13-12(18)14(15(19)21-13)20-8-4-7-10-5-2-1-3-6-10/h1-3,5-6,11,13-14,16-17H,4,7-9H2/t11-,13+,14?/m0/s1. The zero-order chi connectivity index (χ0) is 15.2. The number of aliphatic hydroxyl groups excluding tert-OH is 2. The number of esters is 1. The lowest BCUT2D eigenvalue weighted by Gasteiger charge is -2.12. The first-order valence-corrected chi connectivity index (χ1v) is 6.82. The second-order valence-corrected chi connectivity index (χ2v) is 4.85. The van der Waals surface area contributed by atoms with Crippen LogP contribution in [0.2, 0.25) is 0 Å². The van der Waals surface area contributed by atoms with Crippen LogP contribution in [0.25, 0.3) is 0 Å². The number of aryl methyl sites for hydroxylation is 1. The monoisotopic (exact) mass is 294 g/mol. The van der Waals surface area contributed by atoms with E-state index in [9.17, 15) is 14.7 Å². The van der Waals surface area contributed by atoms with Gasteiger partial charge in [-0.3, -0.25) is 4.79 Å². The number of Topliss-reactive ketones (excluding diaryl/α,β-unsaturated/α-hetero) is 1. The third-order valence-electron chi connectivity index (χ3n) is 3.27. The first-order valence-electron chi connectivity index (χ1n) is 6.82. The summed E-state index contributed by atoms with van der Waals surface area (Å²) >= 11 is 0. The van der Waals surface area contributed by atoms with Gasteiger partial charge in [-0.05, 0) is 18.4 Å². The van der Waals surface area contributed by atoms with Gasteiger partial charge in [0.15, 0.2) is 6.10 Å². The molecule has 0 spiro atoms. The molecule has 21 heavy (non-hydrogen) atoms. The van der Waals surface area contributed by atoms with Crippen molar-refractivity contribution in [3.8, 4) is 0 Å². The van der Waals surface area contributed by atoms with E-state index in [2.05, 4.69) is 0 Å². The molecule has 1 unspecified atom stereocenters. The number of benzene rings is 1. The Kier molecular flexibility index (Phi) is 5.44. The zero-order valence-electron chi connectivity index (χ0n) is 11.5. The Morgan fingerprint density at radius 2 is 1.95 bits per heavy atom. The van der Waals surface area contributed by atoms with Crippen LogP contribution in [-0.4, -0.2) is 53.5 Å². The van der Waals surface area contributed by atoms with Crippen LogP contribution in [0.3, 0.4) is 0 Å². The highest BCUT2D eigenvalue weighted by Crippen LogP contribution is 2.17. The number of carbonyl (C=O) groups excluding carboxylic acids is 2. The van der Waals surface area contributed by atoms with Gasteiger partial charge in [0.25, 0.3) is 0 Å². The molecule has 1 saturated heterocycles. The molecule has 2 rings (SSSR count). The Labute approximate surface area is 122 Å². The quantitative estimate of drug-likeness (QED) is 0.413. The van der Waals surface area contributed by atoms with Gasteiger partial charge in [-0.15, -0.1) is 0 Å². The van der Waals surface area contributed by atoms with Crippen LogP contribution >= 0.6 is 0 Å². The van der Waals surface area contributed by atoms with Crippen molar-refractivity contribution in [2.24, 2.45) is 0 Å². The summed E-state index contributed by atoms with van der Waals surface area (Å²) in [6, 6.07) is 9.79. The van der Waals surface area contributed by atoms with Gasteiger partial charge in [0, 0.05) is 6.61 Å². The van der Waals surface area contributed by atoms with Gasteiger partial charge in [0.1, 0.15) is 6.10 Å². The van der Waals surface area contributed by atoms with E-state index in [0.29, 0.717) is 6.42 Å². The number of aliphatic hydroxyl groups is 2. The van der Waals surface area contributed by atoms with E-state index in [1.807, 2.05) is 30.3 Å². The molecule has 0 bridgehead atoms. The summed E-state index contributed by atoms with van der Waals surface area (Å²) in [4.78, 5) is 23.4. The van der Waals surface area contributed by atoms with Crippen molar-refractivity contribution in [3.63, 3.8) is 0 Å². The average molecular weight is 294 g/mol. The lowest BCUT2D eigenvalue weighted by Crippen LogP contribution is -2.37. The Balaban J connectivity index is 1.78. The Morgan fingerprint density at radius 3 is 2.62 bits per heavy atom. The lowest BCUT2D eigenvalue weighted by atomic mass is 10.1. The van der Waals surface area contributed by atoms with Gasteiger partial charge in [-0.1, -0.05) is 30.3 Å². The summed E-state index contributed by atoms with van der Waals surface area (Å²) < 4.78 is 9.99. The van der Waals surface area contributed by atoms with Crippen LogP contribution in [0.5, 0.6) is 0 Å². The molecular formula is C15H18O6. The van der Waals surface area contributed by atoms with Crippen LogP contribution in [0.1, 0.15) is 12.0 Å². The molecule has 6 nitrogen and oxygen atoms in total. The first-order chi connectivity index (χ1) is 10.1. The highest BCUT2D eigenvalue weighted by molar-refractivity contribution is 6.09. The predicted octanol–water partition coefficient (Wildman–Crippen LogP) is -0.148. The summed E-state index contributed by atoms with van der Waals surface area (Å²) in [6.07, 6.45) is -2.60. The molecule has 0 aliphatic carbocycles. The molecule has 1 aliphatic rings. The smallest absolute Gasteiger partial charge is 0.344 e. The molecule has 6 heteroatoms. The van der Waals surface area contributed by atoms with Gasteiger partial charge in [-0.2, -0.15) is 0 Å². The van der Waals surface area contributed by atoms with Crippen molar-refractivity contribution in [2.75, 3.05) is 13.2 Å². The van der Waals surface area contributed by atoms with Gasteiger partial charge >= 0.3 is 5.97 Å². The van der Waals surface area contributed by atoms with Gasteiger partial charge in [0.05, 0.1) is 6.61 Å². The van der Waals surface area contributed by atoms with Crippen LogP contribution in [0, 0.1) is 0 Å². The Hall–Kier alpha value is -1.76. The van der Waals surface area contributed by atoms with E-state index in [0.717, 1.165) is 12.0 Å². The number of ketones is 1. The van der Waals surface area contributed by atoms with Crippen LogP contribution in [0.4, 0.5) is 0 Å². The molecule has 1 aromatic rings. The summed E-state index contributed by atoms with van der Waals surface area (Å²) in [5.41, 5.74) is 1.15. The average Bonchev–Trinajstić information content (AvgIpc) is 2.79. The summed E-state index contributed by atoms with van der Waals surface area (Å²) in [6.45, 7) is -0.410. The van der Waals surface area contributed by atoms with Crippen LogP contribution in [0.15, 0.2) is 30.3 Å². The van der Waals surface area contributed by atoms with E-state index in [-0.39, 0.29) is 6.61 Å². The van der Waals surface area contributed by atoms with E-state index in [1.54, 1.807) is 0 Å². The summed E-state index contributed by atoms with van der Waals surface area (Å²) in [5, 5.41) is 18.2. The van der Waals surface area contributed by atoms with Crippen molar-refractivity contribution < 1.29 is 29.3 Å². The number of carbonyl (C=O) groups is 2. The molecule has 0 saturated carbocycles. The van der Waals surface area contributed by atoms with E-state index < -0.39 is 36.7 Å². The number of ether oxygens (including phenoxy) is 2. The van der Waals surface area contributed by atoms with Crippen molar-refractivity contribution in [1.29, 1.82) is 0 Å². The van der Waals surface area contributed by atoms with E-state index in [4.69, 9.17) is 14.6 Å². The Bertz CT molecular complexity index is 486. The molecule has 1 heterocycles. The molecule has 0 aromatic heterocycles. The highest BCUT2D eigenvalue weighted by atomic mass is 16.6. The van der Waals surface area contributed by atoms with Crippen LogP contribution in [-0.2, 0) is 25.5 Å². The predicted molar refractivity (Wildman–Crippen MR) is 72.5 cm³/mol. The molecule has 114 valence electrons. The molecule has 3 atom stereocenters. The van der Waals surface area contributed by atoms with Crippen molar-refractivity contribution in [3.05, 3.63) is 35.9 Å². The molecule has 2 N–H and O–H groups in total. The second-order valence-electron chi connectivity index (χ2n) is 4.85. The SMILES string of the molecule is O=C1O[C@H]([C@@H](O)CO)C(=O)C1OCCCc1ccccc1. The van der Waals surface area contributed by atoms with Gasteiger partial charge in [0.2, 0.25) is 11.9 Å². The maximum atomic E-state index is 11.8. The molecule has 0 amide bonds. The van der Waals surface area contributed by atoms with Crippen molar-refractivity contribution in [1.82, 2.24) is 0 Å². The van der Waals surface area contributed by atoms with E-state index >= 15 is 0 Å². The maximum Gasteiger partial charge on any atom is 0.344 e. The number of hydrogen-bond donors (Lipinski definition) is 2. The summed E-state index contributed by atoms with van der Waals surface area (Å²) in [7, 11) is 0. The largest absolute Gasteiger partial charge is 0.449 e. The topological polar surface area (TPSA) is 93.1 Å². The second kappa shape index (κ2) is 7.31. The third kappa shape index (κ3) is 3.87. The maximum absolute atomic E-state index is 11.8. The fourth-order valence-electron chi connectivity index (χ4n) is 2.15. The fourth-order valence-corrected chi connectivity index (χ4v) is 2.15. The van der Waals surface area contributed by atoms with Crippen molar-refractivity contribution >= 4 is 11.8 Å². The third-order valence-corrected chi connectivity index (χ3v) is 3.27. The molecular weight excluding hydrogens is 276 g/mol. The summed E-state index contributed by atoms with van der Waals surface area (Å²) in [5.74, 6) is -1.45. The molecule has 1 fully saturated rings. The van der Waals surface area contributed by atoms with Gasteiger partial charge in [-0.25, -0.2) is 4.79 Å². The van der Waals surface area contributed by atoms with Crippen LogP contribution < -0.4 is 0 Å². The zero-order valence-corrected chi connectivity index (χ0v) is 11.5. The minimum Gasteiger partial charge on any atom is -0.449 e. The fraction of sp³-hybridized carbons (Fsp3) is 0.467. The highest BCUT2D eigenvalue weighted by Gasteiger charge is 2.47. The van der Waals surface area contributed by atoms with Gasteiger partial charge < -0.3 is 19.7 Å². The number of cyclic esters (lactones) is 1. The molecule has 1 aliphatic heterocycles.